The Morgan fingerprint density at radius 3 is 2.80 bits per heavy atom. The molecule has 116 valence electrons. The van der Waals surface area contributed by atoms with Gasteiger partial charge in [0.2, 0.25) is 5.91 Å². The Bertz CT molecular complexity index is 321. The van der Waals surface area contributed by atoms with Crippen molar-refractivity contribution in [3.8, 4) is 0 Å². The highest BCUT2D eigenvalue weighted by Gasteiger charge is 2.36. The number of nitrogens with one attached hydrogen (secondary N) is 2. The summed E-state index contributed by atoms with van der Waals surface area (Å²) in [6.45, 7) is 8.69. The summed E-state index contributed by atoms with van der Waals surface area (Å²) < 4.78 is 0. The molecular formula is C16H31N3O. The molecule has 0 spiro atoms. The van der Waals surface area contributed by atoms with E-state index in [1.165, 1.54) is 38.8 Å². The maximum atomic E-state index is 12.2. The number of rotatable bonds is 6. The first kappa shape index (κ1) is 15.8. The Morgan fingerprint density at radius 1 is 1.25 bits per heavy atom. The van der Waals surface area contributed by atoms with E-state index in [2.05, 4.69) is 29.4 Å². The normalized spacial score (nSPS) is 29.8. The molecule has 4 nitrogen and oxygen atoms in total. The van der Waals surface area contributed by atoms with E-state index in [-0.39, 0.29) is 18.0 Å². The van der Waals surface area contributed by atoms with Crippen LogP contribution in [0.4, 0.5) is 0 Å². The number of piperidine rings is 1. The van der Waals surface area contributed by atoms with Crippen molar-refractivity contribution in [3.63, 3.8) is 0 Å². The standard InChI is InChI=1S/C16H31N3O/c1-4-7-12(2)17-16(20)13(3)18-14-9-11-19-10-6-5-8-15(14)19/h12-15,18H,4-11H2,1-3H3,(H,17,20). The monoisotopic (exact) mass is 281 g/mol. The van der Waals surface area contributed by atoms with Gasteiger partial charge in [0.05, 0.1) is 6.04 Å². The lowest BCUT2D eigenvalue weighted by Crippen LogP contribution is -2.52. The van der Waals surface area contributed by atoms with E-state index in [9.17, 15) is 4.79 Å². The van der Waals surface area contributed by atoms with Crippen LogP contribution in [0.2, 0.25) is 0 Å². The summed E-state index contributed by atoms with van der Waals surface area (Å²) in [5, 5.41) is 6.68. The number of carbonyl (C=O) groups excluding carboxylic acids is 1. The Labute approximate surface area is 123 Å². The molecule has 0 aliphatic carbocycles. The number of hydrogen-bond donors (Lipinski definition) is 2. The molecular weight excluding hydrogens is 250 g/mol. The van der Waals surface area contributed by atoms with Gasteiger partial charge in [-0.15, -0.1) is 0 Å². The topological polar surface area (TPSA) is 44.4 Å². The summed E-state index contributed by atoms with van der Waals surface area (Å²) in [7, 11) is 0. The average Bonchev–Trinajstić information content (AvgIpc) is 2.82. The van der Waals surface area contributed by atoms with Crippen molar-refractivity contribution in [1.29, 1.82) is 0 Å². The maximum absolute atomic E-state index is 12.2. The van der Waals surface area contributed by atoms with Crippen LogP contribution in [-0.4, -0.2) is 48.1 Å². The molecule has 0 aromatic heterocycles. The first-order chi connectivity index (χ1) is 9.61. The number of amides is 1. The molecule has 4 atom stereocenters. The first-order valence-corrected chi connectivity index (χ1v) is 8.42. The van der Waals surface area contributed by atoms with Gasteiger partial charge in [-0.1, -0.05) is 19.8 Å². The van der Waals surface area contributed by atoms with Gasteiger partial charge >= 0.3 is 0 Å². The molecule has 2 saturated heterocycles. The molecule has 2 heterocycles. The summed E-state index contributed by atoms with van der Waals surface area (Å²) in [6.07, 6.45) is 7.33. The highest BCUT2D eigenvalue weighted by atomic mass is 16.2. The molecule has 2 aliphatic heterocycles. The van der Waals surface area contributed by atoms with Gasteiger partial charge in [0, 0.05) is 24.7 Å². The number of fused-ring (bicyclic) bond motifs is 1. The van der Waals surface area contributed by atoms with Gasteiger partial charge in [-0.05, 0) is 46.1 Å². The van der Waals surface area contributed by atoms with E-state index < -0.39 is 0 Å². The zero-order valence-corrected chi connectivity index (χ0v) is 13.3. The smallest absolute Gasteiger partial charge is 0.237 e. The van der Waals surface area contributed by atoms with E-state index in [4.69, 9.17) is 0 Å². The van der Waals surface area contributed by atoms with Crippen molar-refractivity contribution < 1.29 is 4.79 Å². The summed E-state index contributed by atoms with van der Waals surface area (Å²) in [5.74, 6) is 0.153. The molecule has 4 unspecified atom stereocenters. The molecule has 0 bridgehead atoms. The second-order valence-electron chi connectivity index (χ2n) is 6.58. The second kappa shape index (κ2) is 7.41. The number of nitrogens with zero attached hydrogens (tertiary/aromatic N) is 1. The van der Waals surface area contributed by atoms with Gasteiger partial charge in [0.25, 0.3) is 0 Å². The molecule has 2 rings (SSSR count). The summed E-state index contributed by atoms with van der Waals surface area (Å²) >= 11 is 0. The second-order valence-corrected chi connectivity index (χ2v) is 6.58. The van der Waals surface area contributed by atoms with Gasteiger partial charge in [-0.2, -0.15) is 0 Å². The third-order valence-electron chi connectivity index (χ3n) is 4.82. The van der Waals surface area contributed by atoms with Crippen LogP contribution in [0.1, 0.15) is 59.3 Å². The largest absolute Gasteiger partial charge is 0.352 e. The Kier molecular flexibility index (Phi) is 5.85. The molecule has 20 heavy (non-hydrogen) atoms. The SMILES string of the molecule is CCCC(C)NC(=O)C(C)NC1CCN2CCCCC12. The van der Waals surface area contributed by atoms with Gasteiger partial charge in [0.15, 0.2) is 0 Å². The molecule has 0 saturated carbocycles. The van der Waals surface area contributed by atoms with E-state index >= 15 is 0 Å². The van der Waals surface area contributed by atoms with E-state index in [0.717, 1.165) is 12.8 Å². The van der Waals surface area contributed by atoms with Gasteiger partial charge in [-0.25, -0.2) is 0 Å². The summed E-state index contributed by atoms with van der Waals surface area (Å²) in [4.78, 5) is 14.8. The minimum absolute atomic E-state index is 0.0822. The van der Waals surface area contributed by atoms with Crippen molar-refractivity contribution in [2.45, 2.75) is 83.5 Å². The van der Waals surface area contributed by atoms with Crippen LogP contribution < -0.4 is 10.6 Å². The minimum atomic E-state index is -0.0822. The lowest BCUT2D eigenvalue weighted by atomic mass is 9.98. The van der Waals surface area contributed by atoms with Gasteiger partial charge in [-0.3, -0.25) is 9.69 Å². The quantitative estimate of drug-likeness (QED) is 0.781. The zero-order chi connectivity index (χ0) is 14.5. The molecule has 0 aromatic rings. The summed E-state index contributed by atoms with van der Waals surface area (Å²) in [6, 6.07) is 1.36. The lowest BCUT2D eigenvalue weighted by Gasteiger charge is -2.33. The van der Waals surface area contributed by atoms with E-state index in [1.807, 2.05) is 6.92 Å². The van der Waals surface area contributed by atoms with E-state index in [0.29, 0.717) is 12.1 Å². The minimum Gasteiger partial charge on any atom is -0.352 e. The molecule has 4 heteroatoms. The Hall–Kier alpha value is -0.610. The molecule has 2 fully saturated rings. The van der Waals surface area contributed by atoms with Crippen molar-refractivity contribution in [2.24, 2.45) is 0 Å². The van der Waals surface area contributed by atoms with Crippen LogP contribution in [-0.2, 0) is 4.79 Å². The van der Waals surface area contributed by atoms with Gasteiger partial charge in [0.1, 0.15) is 0 Å². The van der Waals surface area contributed by atoms with Crippen molar-refractivity contribution in [3.05, 3.63) is 0 Å². The van der Waals surface area contributed by atoms with Crippen LogP contribution in [0, 0.1) is 0 Å². The summed E-state index contributed by atoms with van der Waals surface area (Å²) in [5.41, 5.74) is 0. The first-order valence-electron chi connectivity index (χ1n) is 8.42. The highest BCUT2D eigenvalue weighted by molar-refractivity contribution is 5.81. The zero-order valence-electron chi connectivity index (χ0n) is 13.3. The fourth-order valence-corrected chi connectivity index (χ4v) is 3.71. The third kappa shape index (κ3) is 3.95. The molecule has 2 N–H and O–H groups in total. The van der Waals surface area contributed by atoms with Crippen LogP contribution in [0.15, 0.2) is 0 Å². The third-order valence-corrected chi connectivity index (χ3v) is 4.82. The fraction of sp³-hybridized carbons (Fsp3) is 0.938. The van der Waals surface area contributed by atoms with Gasteiger partial charge < -0.3 is 10.6 Å². The lowest BCUT2D eigenvalue weighted by molar-refractivity contribution is -0.123. The molecule has 1 amide bonds. The molecule has 0 radical (unpaired) electrons. The van der Waals surface area contributed by atoms with Crippen LogP contribution in [0.5, 0.6) is 0 Å². The number of hydrogen-bond acceptors (Lipinski definition) is 3. The predicted octanol–water partition coefficient (Wildman–Crippen LogP) is 1.90. The van der Waals surface area contributed by atoms with Crippen LogP contribution >= 0.6 is 0 Å². The molecule has 2 aliphatic rings. The average molecular weight is 281 g/mol. The van der Waals surface area contributed by atoms with Crippen molar-refractivity contribution in [1.82, 2.24) is 15.5 Å². The van der Waals surface area contributed by atoms with Crippen LogP contribution in [0.25, 0.3) is 0 Å². The number of carbonyl (C=O) groups is 1. The highest BCUT2D eigenvalue weighted by Crippen LogP contribution is 2.27. The predicted molar refractivity (Wildman–Crippen MR) is 82.7 cm³/mol. The fourth-order valence-electron chi connectivity index (χ4n) is 3.71. The maximum Gasteiger partial charge on any atom is 0.237 e. The Balaban J connectivity index is 1.78. The molecule has 0 aromatic carbocycles. The van der Waals surface area contributed by atoms with Crippen molar-refractivity contribution in [2.75, 3.05) is 13.1 Å². The van der Waals surface area contributed by atoms with Crippen LogP contribution in [0.3, 0.4) is 0 Å². The Morgan fingerprint density at radius 2 is 2.05 bits per heavy atom. The van der Waals surface area contributed by atoms with Crippen molar-refractivity contribution >= 4 is 5.91 Å². The van der Waals surface area contributed by atoms with E-state index in [1.54, 1.807) is 0 Å².